The molecule has 31 heavy (non-hydrogen) atoms. The molecule has 0 aliphatic heterocycles. The van der Waals surface area contributed by atoms with E-state index in [0.717, 1.165) is 11.0 Å². The van der Waals surface area contributed by atoms with Crippen LogP contribution in [0.15, 0.2) is 36.7 Å². The van der Waals surface area contributed by atoms with Crippen molar-refractivity contribution in [2.24, 2.45) is 0 Å². The Kier molecular flexibility index (Phi) is 5.77. The minimum Gasteiger partial charge on any atom is -0.478 e. The summed E-state index contributed by atoms with van der Waals surface area (Å²) in [5.74, 6) is -1.73. The lowest BCUT2D eigenvalue weighted by molar-refractivity contribution is 0.0696. The molecular weight excluding hydrogens is 412 g/mol. The number of amides is 1. The Bertz CT molecular complexity index is 1160. The van der Waals surface area contributed by atoms with Crippen LogP contribution in [0.3, 0.4) is 0 Å². The summed E-state index contributed by atoms with van der Waals surface area (Å²) in [6, 6.07) is 6.09. The van der Waals surface area contributed by atoms with Crippen LogP contribution in [0.25, 0.3) is 11.0 Å². The highest BCUT2D eigenvalue weighted by molar-refractivity contribution is 6.79. The van der Waals surface area contributed by atoms with Crippen LogP contribution < -0.4 is 5.32 Å². The third-order valence-corrected chi connectivity index (χ3v) is 11.4. The van der Waals surface area contributed by atoms with E-state index in [1.54, 1.807) is 12.3 Å². The smallest absolute Gasteiger partial charge is 0.335 e. The van der Waals surface area contributed by atoms with Gasteiger partial charge in [0.2, 0.25) is 0 Å². The van der Waals surface area contributed by atoms with Gasteiger partial charge in [0.15, 0.2) is 8.24 Å². The van der Waals surface area contributed by atoms with Crippen molar-refractivity contribution in [3.05, 3.63) is 59.2 Å². The van der Waals surface area contributed by atoms with Crippen molar-refractivity contribution in [2.75, 3.05) is 7.05 Å². The molecule has 3 N–H and O–H groups in total. The fourth-order valence-electron chi connectivity index (χ4n) is 3.33. The second-order valence-electron chi connectivity index (χ2n) is 9.08. The first kappa shape index (κ1) is 22.6. The Morgan fingerprint density at radius 1 is 1.19 bits per heavy atom. The molecule has 3 heterocycles. The Balaban J connectivity index is 2.16. The maximum atomic E-state index is 12.1. The first-order chi connectivity index (χ1) is 14.4. The zero-order chi connectivity index (χ0) is 23.1. The molecule has 3 rings (SSSR count). The van der Waals surface area contributed by atoms with Gasteiger partial charge in [0.05, 0.1) is 11.3 Å². The van der Waals surface area contributed by atoms with Gasteiger partial charge < -0.3 is 19.8 Å². The summed E-state index contributed by atoms with van der Waals surface area (Å²) in [5, 5.41) is 23.8. The molecule has 0 bridgehead atoms. The van der Waals surface area contributed by atoms with Crippen LogP contribution in [-0.4, -0.2) is 51.6 Å². The third-order valence-electron chi connectivity index (χ3n) is 6.19. The van der Waals surface area contributed by atoms with Crippen molar-refractivity contribution in [1.29, 1.82) is 0 Å². The first-order valence-electron chi connectivity index (χ1n) is 10.0. The molecule has 0 aliphatic rings. The molecule has 164 valence electrons. The molecule has 1 amide bonds. The average molecular weight is 441 g/mol. The molecule has 9 heteroatoms. The number of carbonyl (C=O) groups is 2. The van der Waals surface area contributed by atoms with Gasteiger partial charge in [-0.05, 0) is 41.1 Å². The number of carboxylic acids is 1. The topological polar surface area (TPSA) is 117 Å². The molecule has 0 saturated carbocycles. The molecule has 0 aliphatic carbocycles. The van der Waals surface area contributed by atoms with Gasteiger partial charge in [0.25, 0.3) is 5.91 Å². The van der Waals surface area contributed by atoms with Gasteiger partial charge in [0, 0.05) is 18.6 Å². The minimum absolute atomic E-state index is 0.0689. The van der Waals surface area contributed by atoms with Gasteiger partial charge in [-0.1, -0.05) is 33.9 Å². The number of fused-ring (bicyclic) bond motifs is 1. The Hall–Kier alpha value is -3.04. The largest absolute Gasteiger partial charge is 0.478 e. The first-order valence-corrected chi connectivity index (χ1v) is 12.9. The standard InChI is InChI=1S/C22H28N4O4Si/c1-22(2,3)31(5,6)26-10-8-15-14(7-9-24-19(15)26)18(27)16-11-13(21(29)30)12-17(25-16)20(28)23-4/h7-12,18,27H,1-6H3,(H,23,28)(H,29,30). The summed E-state index contributed by atoms with van der Waals surface area (Å²) in [6.07, 6.45) is 2.41. The molecule has 0 spiro atoms. The maximum Gasteiger partial charge on any atom is 0.335 e. The number of carbonyl (C=O) groups excluding carboxylic acids is 1. The number of aliphatic hydroxyl groups excluding tert-OH is 1. The van der Waals surface area contributed by atoms with Crippen LogP contribution in [-0.2, 0) is 0 Å². The Morgan fingerprint density at radius 2 is 1.87 bits per heavy atom. The summed E-state index contributed by atoms with van der Waals surface area (Å²) >= 11 is 0. The van der Waals surface area contributed by atoms with Crippen molar-refractivity contribution in [1.82, 2.24) is 19.5 Å². The van der Waals surface area contributed by atoms with Crippen molar-refractivity contribution < 1.29 is 19.8 Å². The summed E-state index contributed by atoms with van der Waals surface area (Å²) in [4.78, 5) is 32.4. The molecule has 1 unspecified atom stereocenters. The number of hydrogen-bond acceptors (Lipinski definition) is 5. The van der Waals surface area contributed by atoms with Crippen molar-refractivity contribution in [2.45, 2.75) is 45.0 Å². The second-order valence-corrected chi connectivity index (χ2v) is 14.2. The van der Waals surface area contributed by atoms with E-state index in [9.17, 15) is 19.8 Å². The van der Waals surface area contributed by atoms with Crippen LogP contribution in [0, 0.1) is 0 Å². The van der Waals surface area contributed by atoms with E-state index >= 15 is 0 Å². The van der Waals surface area contributed by atoms with E-state index in [4.69, 9.17) is 0 Å². The lowest BCUT2D eigenvalue weighted by Gasteiger charge is -2.38. The lowest BCUT2D eigenvalue weighted by atomic mass is 10.0. The van der Waals surface area contributed by atoms with Crippen molar-refractivity contribution in [3.8, 4) is 0 Å². The molecule has 0 saturated heterocycles. The summed E-state index contributed by atoms with van der Waals surface area (Å²) in [6.45, 7) is 11.2. The third kappa shape index (κ3) is 3.98. The molecule has 3 aromatic heterocycles. The highest BCUT2D eigenvalue weighted by Gasteiger charge is 2.38. The fraction of sp³-hybridized carbons (Fsp3) is 0.364. The van der Waals surface area contributed by atoms with Crippen LogP contribution in [0.2, 0.25) is 18.1 Å². The number of aromatic carboxylic acids is 1. The Morgan fingerprint density at radius 3 is 2.45 bits per heavy atom. The van der Waals surface area contributed by atoms with Gasteiger partial charge in [-0.3, -0.25) is 4.79 Å². The Labute approximate surface area is 182 Å². The zero-order valence-corrected chi connectivity index (χ0v) is 19.6. The van der Waals surface area contributed by atoms with E-state index in [1.165, 1.54) is 19.2 Å². The van der Waals surface area contributed by atoms with Crippen LogP contribution in [0.1, 0.15) is 59.0 Å². The molecule has 3 aromatic rings. The molecular formula is C22H28N4O4Si. The number of aliphatic hydroxyl groups is 1. The van der Waals surface area contributed by atoms with Crippen LogP contribution in [0.5, 0.6) is 0 Å². The van der Waals surface area contributed by atoms with Gasteiger partial charge >= 0.3 is 5.97 Å². The highest BCUT2D eigenvalue weighted by atomic mass is 28.3. The van der Waals surface area contributed by atoms with E-state index in [0.29, 0.717) is 5.56 Å². The predicted octanol–water partition coefficient (Wildman–Crippen LogP) is 3.42. The van der Waals surface area contributed by atoms with Gasteiger partial charge in [-0.15, -0.1) is 0 Å². The number of rotatable bonds is 5. The van der Waals surface area contributed by atoms with Gasteiger partial charge in [-0.25, -0.2) is 14.8 Å². The normalized spacial score (nSPS) is 13.3. The zero-order valence-electron chi connectivity index (χ0n) is 18.6. The number of carboxylic acid groups (broad SMARTS) is 1. The van der Waals surface area contributed by atoms with E-state index in [2.05, 4.69) is 53.4 Å². The van der Waals surface area contributed by atoms with Gasteiger partial charge in [0.1, 0.15) is 17.4 Å². The maximum absolute atomic E-state index is 12.1. The number of nitrogens with zero attached hydrogens (tertiary/aromatic N) is 3. The number of pyridine rings is 2. The molecule has 0 fully saturated rings. The number of hydrogen-bond donors (Lipinski definition) is 3. The van der Waals surface area contributed by atoms with E-state index in [1.807, 2.05) is 12.3 Å². The molecule has 1 atom stereocenters. The SMILES string of the molecule is CNC(=O)c1cc(C(=O)O)cc(C(O)c2ccnc3c2ccn3[Si](C)(C)C(C)(C)C)n1. The van der Waals surface area contributed by atoms with Crippen molar-refractivity contribution >= 4 is 31.1 Å². The second kappa shape index (κ2) is 7.90. The van der Waals surface area contributed by atoms with E-state index in [-0.39, 0.29) is 22.0 Å². The van der Waals surface area contributed by atoms with Crippen LogP contribution >= 0.6 is 0 Å². The monoisotopic (exact) mass is 440 g/mol. The van der Waals surface area contributed by atoms with Crippen LogP contribution in [0.4, 0.5) is 0 Å². The number of nitrogens with one attached hydrogen (secondary N) is 1. The molecule has 8 nitrogen and oxygen atoms in total. The highest BCUT2D eigenvalue weighted by Crippen LogP contribution is 2.39. The fourth-order valence-corrected chi connectivity index (χ4v) is 5.21. The minimum atomic E-state index is -1.96. The summed E-state index contributed by atoms with van der Waals surface area (Å²) in [5.41, 5.74) is 1.22. The van der Waals surface area contributed by atoms with Crippen molar-refractivity contribution in [3.63, 3.8) is 0 Å². The number of aromatic nitrogens is 3. The lowest BCUT2D eigenvalue weighted by Crippen LogP contribution is -2.45. The van der Waals surface area contributed by atoms with Gasteiger partial charge in [-0.2, -0.15) is 0 Å². The predicted molar refractivity (Wildman–Crippen MR) is 121 cm³/mol. The summed E-state index contributed by atoms with van der Waals surface area (Å²) in [7, 11) is -0.523. The quantitative estimate of drug-likeness (QED) is 0.523. The molecule has 0 radical (unpaired) electrons. The van der Waals surface area contributed by atoms with E-state index < -0.39 is 26.2 Å². The average Bonchev–Trinajstić information content (AvgIpc) is 3.16. The molecule has 0 aromatic carbocycles. The summed E-state index contributed by atoms with van der Waals surface area (Å²) < 4.78 is 2.22.